The van der Waals surface area contributed by atoms with E-state index in [0.717, 1.165) is 6.29 Å². The van der Waals surface area contributed by atoms with E-state index >= 15 is 0 Å². The van der Waals surface area contributed by atoms with Crippen molar-refractivity contribution in [1.82, 2.24) is 9.78 Å². The molecular weight excluding hydrogens is 200 g/mol. The molecule has 0 radical (unpaired) electrons. The summed E-state index contributed by atoms with van der Waals surface area (Å²) in [5.74, 6) is 0. The second kappa shape index (κ2) is 3.64. The average Bonchev–Trinajstić information content (AvgIpc) is 2.66. The molecule has 3 nitrogen and oxygen atoms in total. The fourth-order valence-electron chi connectivity index (χ4n) is 1.23. The van der Waals surface area contributed by atoms with Crippen LogP contribution in [0.3, 0.4) is 0 Å². The summed E-state index contributed by atoms with van der Waals surface area (Å²) in [6.45, 7) is 0. The fourth-order valence-corrected chi connectivity index (χ4v) is 1.44. The maximum atomic E-state index is 10.7. The number of nitrogens with zero attached hydrogens (tertiary/aromatic N) is 2. The minimum atomic E-state index is 0.484. The Labute approximate surface area is 85.9 Å². The van der Waals surface area contributed by atoms with Crippen molar-refractivity contribution in [3.05, 3.63) is 47.2 Å². The molecule has 1 heterocycles. The monoisotopic (exact) mass is 206 g/mol. The lowest BCUT2D eigenvalue weighted by molar-refractivity contribution is 0.111. The van der Waals surface area contributed by atoms with Gasteiger partial charge in [0.2, 0.25) is 0 Å². The van der Waals surface area contributed by atoms with E-state index in [1.807, 2.05) is 18.2 Å². The van der Waals surface area contributed by atoms with Gasteiger partial charge in [-0.15, -0.1) is 0 Å². The zero-order chi connectivity index (χ0) is 9.97. The van der Waals surface area contributed by atoms with Gasteiger partial charge in [0.15, 0.2) is 6.29 Å². The Morgan fingerprint density at radius 1 is 1.29 bits per heavy atom. The molecule has 0 bridgehead atoms. The van der Waals surface area contributed by atoms with E-state index in [0.29, 0.717) is 16.4 Å². The molecule has 0 fully saturated rings. The zero-order valence-electron chi connectivity index (χ0n) is 7.22. The van der Waals surface area contributed by atoms with Crippen molar-refractivity contribution < 1.29 is 4.79 Å². The minimum absolute atomic E-state index is 0.484. The van der Waals surface area contributed by atoms with Crippen LogP contribution in [0.25, 0.3) is 5.69 Å². The first kappa shape index (κ1) is 8.97. The zero-order valence-corrected chi connectivity index (χ0v) is 7.98. The summed E-state index contributed by atoms with van der Waals surface area (Å²) in [5.41, 5.74) is 1.19. The predicted molar refractivity (Wildman–Crippen MR) is 54.0 cm³/mol. The number of hydrogen-bond donors (Lipinski definition) is 0. The summed E-state index contributed by atoms with van der Waals surface area (Å²) in [6, 6.07) is 8.87. The number of carbonyl (C=O) groups is 1. The molecule has 0 N–H and O–H groups in total. The first-order chi connectivity index (χ1) is 6.83. The molecule has 14 heavy (non-hydrogen) atoms. The van der Waals surface area contributed by atoms with E-state index in [1.165, 1.54) is 4.68 Å². The molecule has 0 aliphatic carbocycles. The molecule has 2 rings (SSSR count). The van der Waals surface area contributed by atoms with Gasteiger partial charge >= 0.3 is 0 Å². The van der Waals surface area contributed by atoms with Gasteiger partial charge in [-0.3, -0.25) is 4.79 Å². The second-order valence-corrected chi connectivity index (χ2v) is 3.14. The van der Waals surface area contributed by atoms with Crippen LogP contribution in [-0.4, -0.2) is 16.1 Å². The fraction of sp³-hybridized carbons (Fsp3) is 0. The number of rotatable bonds is 2. The van der Waals surface area contributed by atoms with E-state index in [9.17, 15) is 4.79 Å². The molecule has 0 saturated heterocycles. The summed E-state index contributed by atoms with van der Waals surface area (Å²) >= 11 is 5.97. The SMILES string of the molecule is O=Cc1ccnn1-c1ccccc1Cl. The molecule has 0 saturated carbocycles. The third-order valence-electron chi connectivity index (χ3n) is 1.87. The Morgan fingerprint density at radius 2 is 2.07 bits per heavy atom. The number of halogens is 1. The van der Waals surface area contributed by atoms with Crippen molar-refractivity contribution in [3.8, 4) is 5.69 Å². The van der Waals surface area contributed by atoms with E-state index in [4.69, 9.17) is 11.6 Å². The topological polar surface area (TPSA) is 34.9 Å². The maximum Gasteiger partial charge on any atom is 0.168 e. The summed E-state index contributed by atoms with van der Waals surface area (Å²) in [4.78, 5) is 10.7. The highest BCUT2D eigenvalue weighted by Crippen LogP contribution is 2.19. The number of benzene rings is 1. The smallest absolute Gasteiger partial charge is 0.168 e. The molecule has 1 aromatic carbocycles. The van der Waals surface area contributed by atoms with Crippen LogP contribution in [-0.2, 0) is 0 Å². The quantitative estimate of drug-likeness (QED) is 0.707. The van der Waals surface area contributed by atoms with Gasteiger partial charge < -0.3 is 0 Å². The Kier molecular flexibility index (Phi) is 2.33. The number of aldehydes is 1. The van der Waals surface area contributed by atoms with Gasteiger partial charge in [0.25, 0.3) is 0 Å². The van der Waals surface area contributed by atoms with Gasteiger partial charge in [0, 0.05) is 0 Å². The minimum Gasteiger partial charge on any atom is -0.296 e. The lowest BCUT2D eigenvalue weighted by Crippen LogP contribution is -2.01. The molecule has 0 amide bonds. The van der Waals surface area contributed by atoms with E-state index in [1.54, 1.807) is 18.3 Å². The summed E-state index contributed by atoms with van der Waals surface area (Å²) in [5, 5.41) is 4.59. The lowest BCUT2D eigenvalue weighted by atomic mass is 10.3. The van der Waals surface area contributed by atoms with E-state index in [2.05, 4.69) is 5.10 Å². The Morgan fingerprint density at radius 3 is 2.79 bits per heavy atom. The standard InChI is InChI=1S/C10H7ClN2O/c11-9-3-1-2-4-10(9)13-8(7-14)5-6-12-13/h1-7H. The molecular formula is C10H7ClN2O. The van der Waals surface area contributed by atoms with Gasteiger partial charge in [0.05, 0.1) is 16.9 Å². The van der Waals surface area contributed by atoms with E-state index in [-0.39, 0.29) is 0 Å². The van der Waals surface area contributed by atoms with Crippen LogP contribution in [0.5, 0.6) is 0 Å². The van der Waals surface area contributed by atoms with Gasteiger partial charge in [-0.25, -0.2) is 4.68 Å². The number of carbonyl (C=O) groups excluding carboxylic acids is 1. The number of hydrogen-bond acceptors (Lipinski definition) is 2. The molecule has 0 aliphatic heterocycles. The lowest BCUT2D eigenvalue weighted by Gasteiger charge is -2.04. The van der Waals surface area contributed by atoms with Crippen LogP contribution in [0.15, 0.2) is 36.5 Å². The highest BCUT2D eigenvalue weighted by atomic mass is 35.5. The first-order valence-electron chi connectivity index (χ1n) is 4.07. The molecule has 70 valence electrons. The number of aromatic nitrogens is 2. The molecule has 0 aliphatic rings. The highest BCUT2D eigenvalue weighted by Gasteiger charge is 2.06. The normalized spacial score (nSPS) is 10.1. The van der Waals surface area contributed by atoms with Crippen molar-refractivity contribution >= 4 is 17.9 Å². The van der Waals surface area contributed by atoms with Crippen molar-refractivity contribution in [1.29, 1.82) is 0 Å². The molecule has 0 spiro atoms. The van der Waals surface area contributed by atoms with Gasteiger partial charge in [-0.05, 0) is 18.2 Å². The Bertz CT molecular complexity index is 465. The van der Waals surface area contributed by atoms with Crippen molar-refractivity contribution in [2.24, 2.45) is 0 Å². The predicted octanol–water partition coefficient (Wildman–Crippen LogP) is 2.34. The van der Waals surface area contributed by atoms with Crippen LogP contribution in [0.2, 0.25) is 5.02 Å². The number of para-hydroxylation sites is 1. The Balaban J connectivity index is 2.60. The highest BCUT2D eigenvalue weighted by molar-refractivity contribution is 6.32. The summed E-state index contributed by atoms with van der Waals surface area (Å²) < 4.78 is 1.51. The van der Waals surface area contributed by atoms with Crippen LogP contribution in [0.4, 0.5) is 0 Å². The molecule has 4 heteroatoms. The van der Waals surface area contributed by atoms with Crippen molar-refractivity contribution in [2.45, 2.75) is 0 Å². The average molecular weight is 207 g/mol. The van der Waals surface area contributed by atoms with Gasteiger partial charge in [-0.2, -0.15) is 5.10 Å². The van der Waals surface area contributed by atoms with Crippen LogP contribution < -0.4 is 0 Å². The summed E-state index contributed by atoms with van der Waals surface area (Å²) in [7, 11) is 0. The molecule has 0 atom stereocenters. The maximum absolute atomic E-state index is 10.7. The third kappa shape index (κ3) is 1.42. The third-order valence-corrected chi connectivity index (χ3v) is 2.19. The summed E-state index contributed by atoms with van der Waals surface area (Å²) in [6.07, 6.45) is 2.31. The van der Waals surface area contributed by atoms with Crippen LogP contribution in [0.1, 0.15) is 10.5 Å². The van der Waals surface area contributed by atoms with Gasteiger partial charge in [0.1, 0.15) is 5.69 Å². The van der Waals surface area contributed by atoms with Gasteiger partial charge in [-0.1, -0.05) is 23.7 Å². The molecule has 1 aromatic heterocycles. The first-order valence-corrected chi connectivity index (χ1v) is 4.45. The second-order valence-electron chi connectivity index (χ2n) is 2.74. The molecule has 0 unspecified atom stereocenters. The van der Waals surface area contributed by atoms with Crippen LogP contribution >= 0.6 is 11.6 Å². The van der Waals surface area contributed by atoms with E-state index < -0.39 is 0 Å². The Hall–Kier alpha value is -1.61. The van der Waals surface area contributed by atoms with Crippen LogP contribution in [0, 0.1) is 0 Å². The van der Waals surface area contributed by atoms with Crippen molar-refractivity contribution in [3.63, 3.8) is 0 Å². The largest absolute Gasteiger partial charge is 0.296 e. The van der Waals surface area contributed by atoms with Crippen molar-refractivity contribution in [2.75, 3.05) is 0 Å². The molecule has 2 aromatic rings.